The molecule has 0 aliphatic heterocycles. The van der Waals surface area contributed by atoms with Gasteiger partial charge in [-0.05, 0) is 12.1 Å². The Balaban J connectivity index is 1.77. The van der Waals surface area contributed by atoms with Gasteiger partial charge in [-0.2, -0.15) is 0 Å². The first-order valence-corrected chi connectivity index (χ1v) is 8.67. The molecule has 3 aromatic rings. The fourth-order valence-electron chi connectivity index (χ4n) is 2.53. The van der Waals surface area contributed by atoms with Crippen LogP contribution in [-0.4, -0.2) is 22.0 Å². The molecule has 2 N–H and O–H groups in total. The molecule has 0 aliphatic rings. The first kappa shape index (κ1) is 18.8. The van der Waals surface area contributed by atoms with Crippen molar-refractivity contribution in [1.82, 2.24) is 4.98 Å². The van der Waals surface area contributed by atoms with Crippen LogP contribution in [0.4, 0.5) is 18.9 Å². The monoisotopic (exact) mass is 394 g/mol. The van der Waals surface area contributed by atoms with Gasteiger partial charge >= 0.3 is 5.97 Å². The molecule has 3 rings (SSSR count). The molecule has 1 heterocycles. The van der Waals surface area contributed by atoms with E-state index in [2.05, 4.69) is 10.3 Å². The summed E-state index contributed by atoms with van der Waals surface area (Å²) in [6, 6.07) is 8.93. The Hall–Kier alpha value is -2.94. The van der Waals surface area contributed by atoms with Gasteiger partial charge in [0.25, 0.3) is 0 Å². The minimum absolute atomic E-state index is 0.105. The van der Waals surface area contributed by atoms with Gasteiger partial charge in [0.2, 0.25) is 5.91 Å². The summed E-state index contributed by atoms with van der Waals surface area (Å²) in [5.74, 6) is -6.54. The van der Waals surface area contributed by atoms with Crippen LogP contribution in [0.3, 0.4) is 0 Å². The number of benzene rings is 2. The largest absolute Gasteiger partial charge is 0.481 e. The van der Waals surface area contributed by atoms with Gasteiger partial charge in [-0.25, -0.2) is 18.2 Å². The van der Waals surface area contributed by atoms with E-state index in [9.17, 15) is 27.9 Å². The van der Waals surface area contributed by atoms with Gasteiger partial charge in [0.05, 0.1) is 15.6 Å². The van der Waals surface area contributed by atoms with E-state index in [0.717, 1.165) is 11.3 Å². The number of anilines is 1. The molecule has 5 nitrogen and oxygen atoms in total. The third kappa shape index (κ3) is 4.25. The van der Waals surface area contributed by atoms with Crippen LogP contribution in [0.5, 0.6) is 0 Å². The summed E-state index contributed by atoms with van der Waals surface area (Å²) in [4.78, 5) is 27.4. The molecular weight excluding hydrogens is 381 g/mol. The molecule has 1 amide bonds. The highest BCUT2D eigenvalue weighted by Gasteiger charge is 2.25. The normalized spacial score (nSPS) is 12.1. The van der Waals surface area contributed by atoms with E-state index in [4.69, 9.17) is 0 Å². The van der Waals surface area contributed by atoms with Crippen molar-refractivity contribution in [3.8, 4) is 0 Å². The zero-order valence-corrected chi connectivity index (χ0v) is 14.5. The predicted octanol–water partition coefficient (Wildman–Crippen LogP) is 3.99. The van der Waals surface area contributed by atoms with Crippen molar-refractivity contribution in [1.29, 1.82) is 0 Å². The van der Waals surface area contributed by atoms with E-state index in [1.54, 1.807) is 30.3 Å². The summed E-state index contributed by atoms with van der Waals surface area (Å²) in [6.07, 6.45) is -0.559. The molecule has 0 saturated heterocycles. The van der Waals surface area contributed by atoms with Crippen LogP contribution in [0.1, 0.15) is 11.4 Å². The average Bonchev–Trinajstić information content (AvgIpc) is 3.04. The average molecular weight is 394 g/mol. The van der Waals surface area contributed by atoms with Gasteiger partial charge in [0, 0.05) is 24.6 Å². The number of carboxylic acid groups (broad SMARTS) is 1. The number of nitrogens with zero attached hydrogens (tertiary/aromatic N) is 1. The third-order valence-corrected chi connectivity index (χ3v) is 4.91. The number of hydrogen-bond acceptors (Lipinski definition) is 4. The van der Waals surface area contributed by atoms with Crippen LogP contribution >= 0.6 is 11.3 Å². The number of carbonyl (C=O) groups is 2. The third-order valence-electron chi connectivity index (χ3n) is 3.82. The van der Waals surface area contributed by atoms with Gasteiger partial charge in [-0.3, -0.25) is 9.59 Å². The Kier molecular flexibility index (Phi) is 5.41. The van der Waals surface area contributed by atoms with Gasteiger partial charge in [-0.15, -0.1) is 11.3 Å². The second-order valence-electron chi connectivity index (χ2n) is 5.80. The fourth-order valence-corrected chi connectivity index (χ4v) is 3.58. The number of hydrogen-bond donors (Lipinski definition) is 2. The highest BCUT2D eigenvalue weighted by molar-refractivity contribution is 7.18. The number of carboxylic acids is 1. The van der Waals surface area contributed by atoms with Gasteiger partial charge in [0.1, 0.15) is 11.3 Å². The molecule has 0 bridgehead atoms. The van der Waals surface area contributed by atoms with Crippen LogP contribution in [-0.2, 0) is 16.0 Å². The van der Waals surface area contributed by atoms with Crippen LogP contribution in [0, 0.1) is 23.4 Å². The number of para-hydroxylation sites is 1. The molecule has 0 radical (unpaired) electrons. The lowest BCUT2D eigenvalue weighted by Crippen LogP contribution is -2.24. The van der Waals surface area contributed by atoms with Crippen molar-refractivity contribution >= 4 is 39.1 Å². The molecule has 1 unspecified atom stereocenters. The Morgan fingerprint density at radius 3 is 2.52 bits per heavy atom. The van der Waals surface area contributed by atoms with Crippen LogP contribution in [0.2, 0.25) is 0 Å². The summed E-state index contributed by atoms with van der Waals surface area (Å²) in [6.45, 7) is 0. The lowest BCUT2D eigenvalue weighted by Gasteiger charge is -2.11. The molecule has 140 valence electrons. The number of fused-ring (bicyclic) bond motifs is 1. The van der Waals surface area contributed by atoms with Gasteiger partial charge in [-0.1, -0.05) is 18.2 Å². The zero-order chi connectivity index (χ0) is 19.6. The number of nitrogens with one attached hydrogen (secondary N) is 1. The smallest absolute Gasteiger partial charge is 0.307 e. The second kappa shape index (κ2) is 7.75. The fraction of sp³-hybridized carbons (Fsp3) is 0.167. The van der Waals surface area contributed by atoms with Crippen molar-refractivity contribution < 1.29 is 27.9 Å². The molecule has 0 spiro atoms. The van der Waals surface area contributed by atoms with Crippen molar-refractivity contribution in [2.75, 3.05) is 5.32 Å². The maximum absolute atomic E-state index is 13.8. The van der Waals surface area contributed by atoms with E-state index >= 15 is 0 Å². The molecular formula is C18H13F3N2O3S. The minimum atomic E-state index is -1.37. The zero-order valence-electron chi connectivity index (χ0n) is 13.7. The van der Waals surface area contributed by atoms with Crippen molar-refractivity contribution in [3.05, 3.63) is 58.9 Å². The van der Waals surface area contributed by atoms with Crippen molar-refractivity contribution in [2.24, 2.45) is 5.92 Å². The maximum Gasteiger partial charge on any atom is 0.307 e. The Morgan fingerprint density at radius 1 is 1.15 bits per heavy atom. The van der Waals surface area contributed by atoms with Crippen molar-refractivity contribution in [3.63, 3.8) is 0 Å². The first-order valence-electron chi connectivity index (χ1n) is 7.85. The molecule has 2 aromatic carbocycles. The molecule has 9 heteroatoms. The van der Waals surface area contributed by atoms with E-state index in [1.807, 2.05) is 0 Å². The molecule has 1 aromatic heterocycles. The first-order chi connectivity index (χ1) is 12.8. The van der Waals surface area contributed by atoms with Crippen LogP contribution < -0.4 is 5.32 Å². The van der Waals surface area contributed by atoms with Crippen LogP contribution in [0.25, 0.3) is 10.2 Å². The number of thiazole rings is 1. The number of aliphatic carboxylic acids is 1. The van der Waals surface area contributed by atoms with Crippen molar-refractivity contribution in [2.45, 2.75) is 12.8 Å². The van der Waals surface area contributed by atoms with E-state index in [1.165, 1.54) is 0 Å². The van der Waals surface area contributed by atoms with Gasteiger partial charge in [0.15, 0.2) is 11.6 Å². The SMILES string of the molecule is O=C(CC(Cc1nc2c(F)c(F)cc(F)c2s1)C(=O)O)Nc1ccccc1. The maximum atomic E-state index is 13.8. The summed E-state index contributed by atoms with van der Waals surface area (Å²) < 4.78 is 40.6. The standard InChI is InChI=1S/C18H13F3N2O3S/c19-11-8-12(20)17-16(15(11)21)23-14(27-17)7-9(18(25)26)6-13(24)22-10-4-2-1-3-5-10/h1-5,8-9H,6-7H2,(H,22,24)(H,25,26). The van der Waals surface area contributed by atoms with Crippen LogP contribution in [0.15, 0.2) is 36.4 Å². The lowest BCUT2D eigenvalue weighted by molar-refractivity contribution is -0.143. The highest BCUT2D eigenvalue weighted by atomic mass is 32.1. The second-order valence-corrected chi connectivity index (χ2v) is 6.88. The molecule has 0 saturated carbocycles. The summed E-state index contributed by atoms with van der Waals surface area (Å²) in [5, 5.41) is 12.0. The van der Waals surface area contributed by atoms with Gasteiger partial charge < -0.3 is 10.4 Å². The summed E-state index contributed by atoms with van der Waals surface area (Å²) >= 11 is 0.736. The summed E-state index contributed by atoms with van der Waals surface area (Å²) in [5.41, 5.74) is 0.0385. The molecule has 0 fully saturated rings. The predicted molar refractivity (Wildman–Crippen MR) is 94.0 cm³/mol. The number of amides is 1. The van der Waals surface area contributed by atoms with E-state index in [0.29, 0.717) is 11.8 Å². The molecule has 0 aliphatic carbocycles. The minimum Gasteiger partial charge on any atom is -0.481 e. The topological polar surface area (TPSA) is 79.3 Å². The Labute approximate surface area is 155 Å². The molecule has 27 heavy (non-hydrogen) atoms. The number of carbonyl (C=O) groups excluding carboxylic acids is 1. The Bertz CT molecular complexity index is 1010. The molecule has 1 atom stereocenters. The lowest BCUT2D eigenvalue weighted by atomic mass is 10.0. The quantitative estimate of drug-likeness (QED) is 0.620. The Morgan fingerprint density at radius 2 is 1.85 bits per heavy atom. The van der Waals surface area contributed by atoms with E-state index < -0.39 is 40.8 Å². The number of aromatic nitrogens is 1. The summed E-state index contributed by atoms with van der Waals surface area (Å²) in [7, 11) is 0. The van der Waals surface area contributed by atoms with E-state index in [-0.39, 0.29) is 22.5 Å². The highest BCUT2D eigenvalue weighted by Crippen LogP contribution is 2.30. The number of rotatable bonds is 6. The number of halogens is 3.